The molecule has 0 saturated carbocycles. The normalized spacial score (nSPS) is 15.2. The lowest BCUT2D eigenvalue weighted by Crippen LogP contribution is -2.60. The summed E-state index contributed by atoms with van der Waals surface area (Å²) in [7, 11) is 0. The van der Waals surface area contributed by atoms with Crippen LogP contribution in [-0.4, -0.2) is 88.5 Å². The smallest absolute Gasteiger partial charge is 0.326 e. The summed E-state index contributed by atoms with van der Waals surface area (Å²) in [4.78, 5) is 79.6. The van der Waals surface area contributed by atoms with E-state index < -0.39 is 78.1 Å². The number of nitrogens with zero attached hydrogens (tertiary/aromatic N) is 1. The Balaban J connectivity index is 5.88. The zero-order valence-corrected chi connectivity index (χ0v) is 26.6. The lowest BCUT2D eigenvalue weighted by atomic mass is 9.96. The minimum atomic E-state index is -1.61. The number of aliphatic imine (C=N–C) groups is 1. The van der Waals surface area contributed by atoms with Crippen LogP contribution in [-0.2, 0) is 28.8 Å². The summed E-state index contributed by atoms with van der Waals surface area (Å²) in [5.41, 5.74) is 16.5. The van der Waals surface area contributed by atoms with Crippen LogP contribution in [0.15, 0.2) is 4.99 Å². The maximum absolute atomic E-state index is 13.3. The van der Waals surface area contributed by atoms with Gasteiger partial charge in [-0.25, -0.2) is 4.79 Å². The van der Waals surface area contributed by atoms with Gasteiger partial charge in [-0.2, -0.15) is 0 Å². The summed E-state index contributed by atoms with van der Waals surface area (Å²) < 4.78 is 0. The lowest BCUT2D eigenvalue weighted by Gasteiger charge is -2.28. The second kappa shape index (κ2) is 20.1. The molecule has 0 saturated heterocycles. The van der Waals surface area contributed by atoms with Gasteiger partial charge in [-0.15, -0.1) is 0 Å². The summed E-state index contributed by atoms with van der Waals surface area (Å²) in [5.74, 6) is -6.40. The topological polar surface area (TPSA) is 281 Å². The number of hydrogen-bond donors (Lipinski definition) is 9. The first-order valence-electron chi connectivity index (χ1n) is 14.9. The molecule has 0 spiro atoms. The number of carbonyl (C=O) groups excluding carboxylic acids is 4. The van der Waals surface area contributed by atoms with Crippen LogP contribution in [0.1, 0.15) is 80.1 Å². The summed E-state index contributed by atoms with van der Waals surface area (Å²) in [5, 5.41) is 28.9. The average molecular weight is 629 g/mol. The second-order valence-corrected chi connectivity index (χ2v) is 11.8. The molecule has 6 atom stereocenters. The molecule has 0 aromatic heterocycles. The maximum atomic E-state index is 13.3. The van der Waals surface area contributed by atoms with E-state index in [9.17, 15) is 39.0 Å². The first-order chi connectivity index (χ1) is 20.4. The van der Waals surface area contributed by atoms with Crippen LogP contribution in [0.2, 0.25) is 0 Å². The average Bonchev–Trinajstić information content (AvgIpc) is 2.90. The molecule has 0 aliphatic carbocycles. The highest BCUT2D eigenvalue weighted by molar-refractivity contribution is 5.96. The van der Waals surface area contributed by atoms with Crippen molar-refractivity contribution in [3.8, 4) is 0 Å². The third kappa shape index (κ3) is 16.0. The number of amides is 4. The van der Waals surface area contributed by atoms with Gasteiger partial charge >= 0.3 is 11.9 Å². The van der Waals surface area contributed by atoms with Crippen molar-refractivity contribution >= 4 is 41.5 Å². The summed E-state index contributed by atoms with van der Waals surface area (Å²) in [6, 6.07) is -6.14. The Hall–Kier alpha value is -3.95. The zero-order chi connectivity index (χ0) is 34.1. The Labute approximate surface area is 258 Å². The molecule has 0 radical (unpaired) electrons. The van der Waals surface area contributed by atoms with E-state index in [0.717, 1.165) is 0 Å². The van der Waals surface area contributed by atoms with Gasteiger partial charge < -0.3 is 48.7 Å². The van der Waals surface area contributed by atoms with Crippen molar-refractivity contribution in [2.24, 2.45) is 39.9 Å². The van der Waals surface area contributed by atoms with Gasteiger partial charge in [-0.1, -0.05) is 48.0 Å². The molecule has 16 nitrogen and oxygen atoms in total. The summed E-state index contributed by atoms with van der Waals surface area (Å²) >= 11 is 0. The predicted octanol–water partition coefficient (Wildman–Crippen LogP) is -0.996. The van der Waals surface area contributed by atoms with E-state index in [-0.39, 0.29) is 43.6 Å². The fourth-order valence-corrected chi connectivity index (χ4v) is 4.23. The zero-order valence-electron chi connectivity index (χ0n) is 26.6. The number of carboxylic acids is 2. The second-order valence-electron chi connectivity index (χ2n) is 11.8. The van der Waals surface area contributed by atoms with Crippen molar-refractivity contribution in [2.75, 3.05) is 6.54 Å². The van der Waals surface area contributed by atoms with Gasteiger partial charge in [0.25, 0.3) is 0 Å². The van der Waals surface area contributed by atoms with Gasteiger partial charge in [-0.3, -0.25) is 29.0 Å². The molecule has 0 aromatic carbocycles. The Kier molecular flexibility index (Phi) is 18.3. The van der Waals surface area contributed by atoms with Crippen LogP contribution >= 0.6 is 0 Å². The Bertz CT molecular complexity index is 1020. The number of nitrogens with one attached hydrogen (secondary N) is 4. The molecule has 0 aliphatic rings. The van der Waals surface area contributed by atoms with Crippen LogP contribution in [0.4, 0.5) is 0 Å². The van der Waals surface area contributed by atoms with E-state index in [4.69, 9.17) is 17.2 Å². The van der Waals surface area contributed by atoms with Crippen molar-refractivity contribution in [1.29, 1.82) is 0 Å². The van der Waals surface area contributed by atoms with E-state index in [1.54, 1.807) is 13.8 Å². The Morgan fingerprint density at radius 1 is 0.727 bits per heavy atom. The molecule has 0 fully saturated rings. The van der Waals surface area contributed by atoms with Gasteiger partial charge in [0.15, 0.2) is 5.96 Å². The fourth-order valence-electron chi connectivity index (χ4n) is 4.23. The van der Waals surface area contributed by atoms with Crippen molar-refractivity contribution in [3.05, 3.63) is 0 Å². The number of aliphatic carboxylic acids is 2. The largest absolute Gasteiger partial charge is 0.481 e. The van der Waals surface area contributed by atoms with E-state index in [1.165, 1.54) is 0 Å². The van der Waals surface area contributed by atoms with E-state index >= 15 is 0 Å². The Morgan fingerprint density at radius 3 is 1.73 bits per heavy atom. The van der Waals surface area contributed by atoms with E-state index in [0.29, 0.717) is 12.8 Å². The number of rotatable bonds is 21. The van der Waals surface area contributed by atoms with Gasteiger partial charge in [0.1, 0.15) is 24.2 Å². The molecule has 0 heterocycles. The van der Waals surface area contributed by atoms with Crippen LogP contribution < -0.4 is 38.5 Å². The Morgan fingerprint density at radius 2 is 1.25 bits per heavy atom. The third-order valence-corrected chi connectivity index (χ3v) is 6.77. The quantitative estimate of drug-likeness (QED) is 0.0422. The highest BCUT2D eigenvalue weighted by Crippen LogP contribution is 2.12. The molecule has 16 heteroatoms. The summed E-state index contributed by atoms with van der Waals surface area (Å²) in [6.07, 6.45) is 0.397. The van der Waals surface area contributed by atoms with Crippen LogP contribution in [0, 0.1) is 17.8 Å². The first kappa shape index (κ1) is 40.1. The van der Waals surface area contributed by atoms with Gasteiger partial charge in [0.05, 0.1) is 12.5 Å². The number of guanidine groups is 1. The molecule has 0 bridgehead atoms. The summed E-state index contributed by atoms with van der Waals surface area (Å²) in [6.45, 7) is 11.0. The van der Waals surface area contributed by atoms with E-state index in [2.05, 4.69) is 26.3 Å². The minimum absolute atomic E-state index is 0.000504. The van der Waals surface area contributed by atoms with Gasteiger partial charge in [-0.05, 0) is 43.4 Å². The molecular formula is C28H52N8O8. The first-order valence-corrected chi connectivity index (χ1v) is 14.9. The van der Waals surface area contributed by atoms with Crippen molar-refractivity contribution in [1.82, 2.24) is 21.3 Å². The van der Waals surface area contributed by atoms with Crippen molar-refractivity contribution in [2.45, 2.75) is 110 Å². The van der Waals surface area contributed by atoms with Gasteiger partial charge in [0, 0.05) is 6.54 Å². The molecule has 44 heavy (non-hydrogen) atoms. The number of carboxylic acid groups (broad SMARTS) is 2. The van der Waals surface area contributed by atoms with Gasteiger partial charge in [0.2, 0.25) is 23.6 Å². The SMILES string of the molecule is CC[C@H](C)[C@H](NC(=O)[C@H](CC(=O)O)NC(=O)[C@H](CC(C)C)NC(=O)[C@@H](N)CC(C)C)C(=O)N[C@@H](CCCN=C(N)N)C(=O)O. The maximum Gasteiger partial charge on any atom is 0.326 e. The standard InChI is InChI=1S/C28H52N8O8/c1-7-16(6)22(26(42)33-18(27(43)44)9-8-10-32-28(30)31)36-25(41)20(13-21(37)38)35-24(40)19(12-15(4)5)34-23(39)17(29)11-14(2)3/h14-20,22H,7-13,29H2,1-6H3,(H,33,42)(H,34,39)(H,35,40)(H,36,41)(H,37,38)(H,43,44)(H4,30,31,32)/t16-,17-,18-,19-,20-,22-/m0/s1. The molecule has 12 N–H and O–H groups in total. The number of carbonyl (C=O) groups is 6. The number of hydrogen-bond acceptors (Lipinski definition) is 8. The molecule has 0 aromatic rings. The molecule has 0 unspecified atom stereocenters. The highest BCUT2D eigenvalue weighted by atomic mass is 16.4. The monoisotopic (exact) mass is 628 g/mol. The van der Waals surface area contributed by atoms with Crippen molar-refractivity contribution < 1.29 is 39.0 Å². The minimum Gasteiger partial charge on any atom is -0.481 e. The predicted molar refractivity (Wildman–Crippen MR) is 164 cm³/mol. The molecular weight excluding hydrogens is 576 g/mol. The molecule has 0 rings (SSSR count). The van der Waals surface area contributed by atoms with Crippen molar-refractivity contribution in [3.63, 3.8) is 0 Å². The fraction of sp³-hybridized carbons (Fsp3) is 0.750. The molecule has 4 amide bonds. The van der Waals surface area contributed by atoms with Crippen LogP contribution in [0.25, 0.3) is 0 Å². The third-order valence-electron chi connectivity index (χ3n) is 6.77. The molecule has 0 aliphatic heterocycles. The van der Waals surface area contributed by atoms with Crippen LogP contribution in [0.3, 0.4) is 0 Å². The van der Waals surface area contributed by atoms with E-state index in [1.807, 2.05) is 27.7 Å². The molecule has 252 valence electrons. The van der Waals surface area contributed by atoms with Crippen LogP contribution in [0.5, 0.6) is 0 Å². The number of nitrogens with two attached hydrogens (primary N) is 3. The lowest BCUT2D eigenvalue weighted by molar-refractivity contribution is -0.143. The highest BCUT2D eigenvalue weighted by Gasteiger charge is 2.34.